The Hall–Kier alpha value is -0.800. The topological polar surface area (TPSA) is 101 Å². The Morgan fingerprint density at radius 2 is 1.95 bits per heavy atom. The molecule has 0 aliphatic carbocycles. The number of sulfonamides is 1. The minimum Gasteiger partial charge on any atom is -0.353 e. The fourth-order valence-electron chi connectivity index (χ4n) is 1.65. The van der Waals surface area contributed by atoms with Crippen LogP contribution in [0.15, 0.2) is 35.2 Å². The molecule has 9 heteroatoms. The quantitative estimate of drug-likeness (QED) is 0.592. The van der Waals surface area contributed by atoms with Crippen LogP contribution in [-0.2, 0) is 14.8 Å². The van der Waals surface area contributed by atoms with Crippen LogP contribution in [0.2, 0.25) is 0 Å². The zero-order chi connectivity index (χ0) is 15.7. The molecule has 0 radical (unpaired) electrons. The number of amides is 1. The third kappa shape index (κ3) is 6.97. The van der Waals surface area contributed by atoms with E-state index in [-0.39, 0.29) is 23.2 Å². The third-order valence-electron chi connectivity index (χ3n) is 2.72. The molecule has 1 atom stereocenters. The van der Waals surface area contributed by atoms with E-state index in [1.807, 2.05) is 6.26 Å². The minimum absolute atomic E-state index is 0. The van der Waals surface area contributed by atoms with Gasteiger partial charge in [0.05, 0.1) is 4.90 Å². The molecule has 0 spiro atoms. The number of carbonyl (C=O) groups is 1. The molecule has 1 aromatic rings. The molecular weight excluding hydrogens is 346 g/mol. The van der Waals surface area contributed by atoms with E-state index in [1.165, 1.54) is 12.1 Å². The van der Waals surface area contributed by atoms with Gasteiger partial charge in [-0.1, -0.05) is 18.2 Å². The lowest BCUT2D eigenvalue weighted by Gasteiger charge is -2.18. The highest BCUT2D eigenvalue weighted by Gasteiger charge is 2.24. The van der Waals surface area contributed by atoms with Crippen molar-refractivity contribution >= 4 is 40.1 Å². The van der Waals surface area contributed by atoms with E-state index < -0.39 is 16.1 Å². The van der Waals surface area contributed by atoms with Gasteiger partial charge >= 0.3 is 0 Å². The number of thioether (sulfide) groups is 1. The first-order valence-corrected chi connectivity index (χ1v) is 9.43. The van der Waals surface area contributed by atoms with Crippen LogP contribution in [0.5, 0.6) is 0 Å². The van der Waals surface area contributed by atoms with Gasteiger partial charge in [-0.25, -0.2) is 8.42 Å². The number of nitrogens with one attached hydrogen (secondary N) is 2. The molecule has 0 aromatic heterocycles. The summed E-state index contributed by atoms with van der Waals surface area (Å²) in [4.78, 5) is 12.2. The van der Waals surface area contributed by atoms with Crippen molar-refractivity contribution in [2.24, 2.45) is 5.73 Å². The molecule has 4 N–H and O–H groups in total. The molecule has 1 rings (SSSR count). The molecule has 1 amide bonds. The molecule has 0 heterocycles. The summed E-state index contributed by atoms with van der Waals surface area (Å²) < 4.78 is 27.0. The van der Waals surface area contributed by atoms with Crippen LogP contribution in [0.1, 0.15) is 6.42 Å². The van der Waals surface area contributed by atoms with Crippen LogP contribution in [0, 0.1) is 0 Å². The van der Waals surface area contributed by atoms with Gasteiger partial charge < -0.3 is 11.1 Å². The Morgan fingerprint density at radius 1 is 1.32 bits per heavy atom. The van der Waals surface area contributed by atoms with Gasteiger partial charge in [-0.3, -0.25) is 4.79 Å². The summed E-state index contributed by atoms with van der Waals surface area (Å²) in [7, 11) is -3.71. The van der Waals surface area contributed by atoms with Crippen LogP contribution in [-0.4, -0.2) is 45.5 Å². The summed E-state index contributed by atoms with van der Waals surface area (Å²) in [6.07, 6.45) is 2.32. The van der Waals surface area contributed by atoms with Crippen molar-refractivity contribution in [3.8, 4) is 0 Å². The zero-order valence-electron chi connectivity index (χ0n) is 12.3. The average Bonchev–Trinajstić information content (AvgIpc) is 2.49. The number of rotatable bonds is 9. The Labute approximate surface area is 142 Å². The van der Waals surface area contributed by atoms with Gasteiger partial charge in [-0.15, -0.1) is 12.4 Å². The van der Waals surface area contributed by atoms with Crippen molar-refractivity contribution in [1.29, 1.82) is 0 Å². The van der Waals surface area contributed by atoms with Crippen molar-refractivity contribution in [3.63, 3.8) is 0 Å². The number of carbonyl (C=O) groups excluding carboxylic acids is 1. The summed E-state index contributed by atoms with van der Waals surface area (Å²) in [6.45, 7) is 0.633. The maximum Gasteiger partial charge on any atom is 0.241 e. The second-order valence-electron chi connectivity index (χ2n) is 4.35. The van der Waals surface area contributed by atoms with E-state index >= 15 is 0 Å². The highest BCUT2D eigenvalue weighted by molar-refractivity contribution is 7.98. The van der Waals surface area contributed by atoms with Crippen molar-refractivity contribution in [1.82, 2.24) is 10.0 Å². The van der Waals surface area contributed by atoms with Gasteiger partial charge in [0.15, 0.2) is 0 Å². The smallest absolute Gasteiger partial charge is 0.241 e. The predicted molar refractivity (Wildman–Crippen MR) is 92.9 cm³/mol. The molecular formula is C13H22ClN3O3S2. The van der Waals surface area contributed by atoms with Gasteiger partial charge in [-0.05, 0) is 30.6 Å². The highest BCUT2D eigenvalue weighted by atomic mass is 35.5. The average molecular weight is 368 g/mol. The van der Waals surface area contributed by atoms with E-state index in [9.17, 15) is 13.2 Å². The lowest BCUT2D eigenvalue weighted by atomic mass is 10.2. The second kappa shape index (κ2) is 10.8. The van der Waals surface area contributed by atoms with E-state index in [2.05, 4.69) is 10.0 Å². The Morgan fingerprint density at radius 3 is 2.50 bits per heavy atom. The summed E-state index contributed by atoms with van der Waals surface area (Å²) in [6, 6.07) is 7.20. The van der Waals surface area contributed by atoms with Crippen molar-refractivity contribution in [3.05, 3.63) is 30.3 Å². The largest absolute Gasteiger partial charge is 0.353 e. The highest BCUT2D eigenvalue weighted by Crippen LogP contribution is 2.10. The molecule has 126 valence electrons. The Kier molecular flexibility index (Phi) is 10.5. The first kappa shape index (κ1) is 21.2. The second-order valence-corrected chi connectivity index (χ2v) is 7.05. The van der Waals surface area contributed by atoms with Crippen molar-refractivity contribution < 1.29 is 13.2 Å². The number of nitrogens with two attached hydrogens (primary N) is 1. The fourth-order valence-corrected chi connectivity index (χ4v) is 3.38. The standard InChI is InChI=1S/C13H21N3O3S2.ClH/c1-20-10-7-12(13(17)15-9-8-14)16-21(18,19)11-5-3-2-4-6-11;/h2-6,12,16H,7-10,14H2,1H3,(H,15,17);1H. The molecule has 0 saturated carbocycles. The Balaban J connectivity index is 0.00000441. The maximum absolute atomic E-state index is 12.3. The van der Waals surface area contributed by atoms with Crippen LogP contribution < -0.4 is 15.8 Å². The van der Waals surface area contributed by atoms with Gasteiger partial charge in [-0.2, -0.15) is 16.5 Å². The molecule has 6 nitrogen and oxygen atoms in total. The van der Waals surface area contributed by atoms with Gasteiger partial charge in [0.2, 0.25) is 15.9 Å². The van der Waals surface area contributed by atoms with Crippen molar-refractivity contribution in [2.75, 3.05) is 25.1 Å². The van der Waals surface area contributed by atoms with Gasteiger partial charge in [0.1, 0.15) is 6.04 Å². The number of hydrogen-bond acceptors (Lipinski definition) is 5. The van der Waals surface area contributed by atoms with Crippen LogP contribution in [0.25, 0.3) is 0 Å². The molecule has 0 bridgehead atoms. The number of hydrogen-bond donors (Lipinski definition) is 3. The Bertz CT molecular complexity index is 541. The molecule has 0 aliphatic rings. The van der Waals surface area contributed by atoms with Crippen LogP contribution in [0.4, 0.5) is 0 Å². The van der Waals surface area contributed by atoms with Gasteiger partial charge in [0.25, 0.3) is 0 Å². The normalized spacial score (nSPS) is 12.3. The fraction of sp³-hybridized carbons (Fsp3) is 0.462. The summed E-state index contributed by atoms with van der Waals surface area (Å²) >= 11 is 1.55. The molecule has 1 unspecified atom stereocenters. The number of halogens is 1. The molecule has 0 fully saturated rings. The third-order valence-corrected chi connectivity index (χ3v) is 4.85. The lowest BCUT2D eigenvalue weighted by Crippen LogP contribution is -2.47. The predicted octanol–water partition coefficient (Wildman–Crippen LogP) is 0.583. The van der Waals surface area contributed by atoms with Gasteiger partial charge in [0, 0.05) is 13.1 Å². The van der Waals surface area contributed by atoms with Crippen LogP contribution in [0.3, 0.4) is 0 Å². The van der Waals surface area contributed by atoms with Crippen molar-refractivity contribution in [2.45, 2.75) is 17.4 Å². The molecule has 1 aromatic carbocycles. The van der Waals surface area contributed by atoms with E-state index in [0.717, 1.165) is 0 Å². The lowest BCUT2D eigenvalue weighted by molar-refractivity contribution is -0.122. The SMILES string of the molecule is CSCCC(NS(=O)(=O)c1ccccc1)C(=O)NCCN.Cl. The monoisotopic (exact) mass is 367 g/mol. The summed E-state index contributed by atoms with van der Waals surface area (Å²) in [5.74, 6) is 0.326. The summed E-state index contributed by atoms with van der Waals surface area (Å²) in [5.41, 5.74) is 5.34. The summed E-state index contributed by atoms with van der Waals surface area (Å²) in [5, 5.41) is 2.62. The van der Waals surface area contributed by atoms with E-state index in [1.54, 1.807) is 30.0 Å². The van der Waals surface area contributed by atoms with E-state index in [0.29, 0.717) is 25.3 Å². The first-order valence-electron chi connectivity index (χ1n) is 6.55. The first-order chi connectivity index (χ1) is 10.0. The van der Waals surface area contributed by atoms with Crippen LogP contribution >= 0.6 is 24.2 Å². The molecule has 0 saturated heterocycles. The zero-order valence-corrected chi connectivity index (χ0v) is 14.8. The molecule has 0 aliphatic heterocycles. The molecule has 22 heavy (non-hydrogen) atoms. The van der Waals surface area contributed by atoms with E-state index in [4.69, 9.17) is 5.73 Å². The maximum atomic E-state index is 12.3. The minimum atomic E-state index is -3.71. The number of benzene rings is 1.